The van der Waals surface area contributed by atoms with Crippen molar-refractivity contribution in [2.24, 2.45) is 5.10 Å². The summed E-state index contributed by atoms with van der Waals surface area (Å²) in [5, 5.41) is 6.48. The Morgan fingerprint density at radius 2 is 1.67 bits per heavy atom. The van der Waals surface area contributed by atoms with Gasteiger partial charge in [-0.3, -0.25) is 14.5 Å². The molecular formula is C34H40N4O4. The first kappa shape index (κ1) is 29.5. The number of carbonyl (C=O) groups excluding carboxylic acids is 2. The maximum absolute atomic E-state index is 14.1. The third-order valence-corrected chi connectivity index (χ3v) is 8.21. The molecule has 2 aliphatic heterocycles. The van der Waals surface area contributed by atoms with Crippen molar-refractivity contribution >= 4 is 17.5 Å². The zero-order valence-corrected chi connectivity index (χ0v) is 25.0. The van der Waals surface area contributed by atoms with E-state index in [4.69, 9.17) is 14.6 Å². The highest BCUT2D eigenvalue weighted by Gasteiger charge is 2.34. The van der Waals surface area contributed by atoms with E-state index in [-0.39, 0.29) is 24.4 Å². The predicted molar refractivity (Wildman–Crippen MR) is 164 cm³/mol. The van der Waals surface area contributed by atoms with Gasteiger partial charge in [0.1, 0.15) is 12.3 Å². The van der Waals surface area contributed by atoms with Crippen molar-refractivity contribution in [1.29, 1.82) is 0 Å². The van der Waals surface area contributed by atoms with Crippen LogP contribution in [-0.2, 0) is 9.53 Å². The number of rotatable bonds is 9. The van der Waals surface area contributed by atoms with Crippen LogP contribution in [0, 0.1) is 20.8 Å². The number of methoxy groups -OCH3 is 1. The van der Waals surface area contributed by atoms with Gasteiger partial charge < -0.3 is 14.4 Å². The fourth-order valence-electron chi connectivity index (χ4n) is 5.38. The molecule has 1 fully saturated rings. The minimum absolute atomic E-state index is 0.0682. The van der Waals surface area contributed by atoms with Crippen LogP contribution in [0.25, 0.3) is 0 Å². The van der Waals surface area contributed by atoms with Gasteiger partial charge in [0.2, 0.25) is 0 Å². The van der Waals surface area contributed by atoms with Crippen LogP contribution in [0.2, 0.25) is 0 Å². The van der Waals surface area contributed by atoms with E-state index in [2.05, 4.69) is 68.1 Å². The van der Waals surface area contributed by atoms with E-state index in [0.29, 0.717) is 44.0 Å². The number of hydrogen-bond acceptors (Lipinski definition) is 6. The van der Waals surface area contributed by atoms with Crippen LogP contribution in [-0.4, -0.2) is 85.4 Å². The molecule has 0 saturated carbocycles. The largest absolute Gasteiger partial charge is 0.497 e. The van der Waals surface area contributed by atoms with Crippen molar-refractivity contribution in [1.82, 2.24) is 14.8 Å². The smallest absolute Gasteiger partial charge is 0.262 e. The molecular weight excluding hydrogens is 528 g/mol. The molecule has 0 radical (unpaired) electrons. The maximum Gasteiger partial charge on any atom is 0.262 e. The number of hydrogen-bond donors (Lipinski definition) is 0. The molecule has 42 heavy (non-hydrogen) atoms. The quantitative estimate of drug-likeness (QED) is 0.372. The van der Waals surface area contributed by atoms with E-state index in [0.717, 1.165) is 35.5 Å². The topological polar surface area (TPSA) is 74.7 Å². The second kappa shape index (κ2) is 13.3. The molecule has 5 rings (SSSR count). The first-order chi connectivity index (χ1) is 20.3. The van der Waals surface area contributed by atoms with Crippen LogP contribution in [0.5, 0.6) is 5.75 Å². The lowest BCUT2D eigenvalue weighted by Gasteiger charge is -2.31. The number of benzene rings is 3. The molecule has 1 saturated heterocycles. The molecule has 2 aliphatic rings. The summed E-state index contributed by atoms with van der Waals surface area (Å²) in [6, 6.07) is 21.3. The molecule has 0 aromatic heterocycles. The number of carbonyl (C=O) groups is 2. The molecule has 0 N–H and O–H groups in total. The lowest BCUT2D eigenvalue weighted by molar-refractivity contribution is -0.133. The molecule has 1 atom stereocenters. The standard InChI is InChI=1S/C34H40N4O4/c1-24-5-8-27(9-6-24)32-22-31(29-10-7-25(2)26(3)21-29)35-38(32)33(39)23-37(16-15-36-17-19-42-20-18-36)34(40)28-11-13-30(41-4)14-12-28/h5-14,21,32H,15-20,22-23H2,1-4H3/t32-/m1/s1. The van der Waals surface area contributed by atoms with Crippen molar-refractivity contribution in [2.45, 2.75) is 33.2 Å². The highest BCUT2D eigenvalue weighted by molar-refractivity contribution is 6.04. The third-order valence-electron chi connectivity index (χ3n) is 8.21. The van der Waals surface area contributed by atoms with E-state index in [1.165, 1.54) is 11.1 Å². The normalized spacial score (nSPS) is 17.2. The second-order valence-corrected chi connectivity index (χ2v) is 11.1. The zero-order chi connectivity index (χ0) is 29.6. The summed E-state index contributed by atoms with van der Waals surface area (Å²) in [6.07, 6.45) is 0.609. The molecule has 2 amide bonds. The predicted octanol–water partition coefficient (Wildman–Crippen LogP) is 4.77. The van der Waals surface area contributed by atoms with Crippen molar-refractivity contribution < 1.29 is 19.1 Å². The highest BCUT2D eigenvalue weighted by Crippen LogP contribution is 2.33. The lowest BCUT2D eigenvalue weighted by Crippen LogP contribution is -2.46. The molecule has 3 aromatic rings. The highest BCUT2D eigenvalue weighted by atomic mass is 16.5. The van der Waals surface area contributed by atoms with Crippen molar-refractivity contribution in [3.05, 3.63) is 100 Å². The van der Waals surface area contributed by atoms with E-state index in [9.17, 15) is 9.59 Å². The first-order valence-electron chi connectivity index (χ1n) is 14.6. The lowest BCUT2D eigenvalue weighted by atomic mass is 9.96. The Bertz CT molecular complexity index is 1430. The van der Waals surface area contributed by atoms with Crippen LogP contribution in [0.4, 0.5) is 0 Å². The van der Waals surface area contributed by atoms with Crippen LogP contribution in [0.15, 0.2) is 71.8 Å². The average molecular weight is 569 g/mol. The Morgan fingerprint density at radius 1 is 0.952 bits per heavy atom. The molecule has 220 valence electrons. The van der Waals surface area contributed by atoms with Gasteiger partial charge in [0.25, 0.3) is 11.8 Å². The summed E-state index contributed by atoms with van der Waals surface area (Å²) >= 11 is 0. The van der Waals surface area contributed by atoms with Gasteiger partial charge in [0.05, 0.1) is 32.1 Å². The Morgan fingerprint density at radius 3 is 2.33 bits per heavy atom. The summed E-state index contributed by atoms with van der Waals surface area (Å²) < 4.78 is 10.8. The average Bonchev–Trinajstić information content (AvgIpc) is 3.47. The summed E-state index contributed by atoms with van der Waals surface area (Å²) in [5.41, 5.74) is 6.99. The molecule has 8 nitrogen and oxygen atoms in total. The number of amides is 2. The Kier molecular flexibility index (Phi) is 9.35. The minimum atomic E-state index is -0.244. The molecule has 0 unspecified atom stereocenters. The zero-order valence-electron chi connectivity index (χ0n) is 25.0. The fraction of sp³-hybridized carbons (Fsp3) is 0.382. The summed E-state index contributed by atoms with van der Waals surface area (Å²) in [4.78, 5) is 31.7. The summed E-state index contributed by atoms with van der Waals surface area (Å²) in [7, 11) is 1.59. The first-order valence-corrected chi connectivity index (χ1v) is 14.6. The Balaban J connectivity index is 1.42. The van der Waals surface area contributed by atoms with Gasteiger partial charge in [-0.1, -0.05) is 42.0 Å². The van der Waals surface area contributed by atoms with Gasteiger partial charge in [-0.2, -0.15) is 5.10 Å². The maximum atomic E-state index is 14.1. The minimum Gasteiger partial charge on any atom is -0.497 e. The van der Waals surface area contributed by atoms with Crippen LogP contribution < -0.4 is 4.74 Å². The van der Waals surface area contributed by atoms with E-state index in [1.54, 1.807) is 41.3 Å². The van der Waals surface area contributed by atoms with Crippen LogP contribution in [0.1, 0.15) is 50.6 Å². The van der Waals surface area contributed by atoms with Crippen LogP contribution >= 0.6 is 0 Å². The third kappa shape index (κ3) is 6.89. The van der Waals surface area contributed by atoms with Crippen molar-refractivity contribution in [3.8, 4) is 5.75 Å². The molecule has 0 spiro atoms. The van der Waals surface area contributed by atoms with Crippen LogP contribution in [0.3, 0.4) is 0 Å². The van der Waals surface area contributed by atoms with Gasteiger partial charge in [0.15, 0.2) is 0 Å². The summed E-state index contributed by atoms with van der Waals surface area (Å²) in [5.74, 6) is 0.278. The van der Waals surface area contributed by atoms with Crippen molar-refractivity contribution in [2.75, 3.05) is 53.0 Å². The van der Waals surface area contributed by atoms with Gasteiger partial charge in [-0.15, -0.1) is 0 Å². The fourth-order valence-corrected chi connectivity index (χ4v) is 5.38. The number of aryl methyl sites for hydroxylation is 3. The number of nitrogens with zero attached hydrogens (tertiary/aromatic N) is 4. The Hall–Kier alpha value is -4.01. The van der Waals surface area contributed by atoms with E-state index >= 15 is 0 Å². The number of hydrazone groups is 1. The number of morpholine rings is 1. The number of ether oxygens (including phenoxy) is 2. The van der Waals surface area contributed by atoms with Gasteiger partial charge >= 0.3 is 0 Å². The molecule has 0 aliphatic carbocycles. The van der Waals surface area contributed by atoms with Gasteiger partial charge in [-0.25, -0.2) is 5.01 Å². The van der Waals surface area contributed by atoms with Gasteiger partial charge in [-0.05, 0) is 73.4 Å². The molecule has 2 heterocycles. The molecule has 8 heteroatoms. The summed E-state index contributed by atoms with van der Waals surface area (Å²) in [6.45, 7) is 10.2. The van der Waals surface area contributed by atoms with E-state index < -0.39 is 0 Å². The SMILES string of the molecule is COc1ccc(C(=O)N(CCN2CCOCC2)CC(=O)N2N=C(c3ccc(C)c(C)c3)C[C@@H]2c2ccc(C)cc2)cc1. The van der Waals surface area contributed by atoms with E-state index in [1.807, 2.05) is 0 Å². The van der Waals surface area contributed by atoms with Gasteiger partial charge in [0, 0.05) is 38.2 Å². The molecule has 3 aromatic carbocycles. The second-order valence-electron chi connectivity index (χ2n) is 11.1. The van der Waals surface area contributed by atoms with Crippen molar-refractivity contribution in [3.63, 3.8) is 0 Å². The Labute approximate surface area is 248 Å². The monoisotopic (exact) mass is 568 g/mol. The molecule has 0 bridgehead atoms.